The van der Waals surface area contributed by atoms with Crippen LogP contribution in [-0.2, 0) is 24.1 Å². The molecule has 1 heterocycles. The Morgan fingerprint density at radius 2 is 1.76 bits per heavy atom. The number of amides is 1. The summed E-state index contributed by atoms with van der Waals surface area (Å²) in [6.07, 6.45) is 3.03. The maximum Gasteiger partial charge on any atom is 0.338 e. The summed E-state index contributed by atoms with van der Waals surface area (Å²) in [5.41, 5.74) is 5.33. The monoisotopic (exact) mass is 463 g/mol. The van der Waals surface area contributed by atoms with Crippen LogP contribution in [0.4, 0.5) is 16.4 Å². The second-order valence-electron chi connectivity index (χ2n) is 8.23. The van der Waals surface area contributed by atoms with Crippen molar-refractivity contribution in [1.29, 1.82) is 0 Å². The van der Waals surface area contributed by atoms with Crippen LogP contribution in [0.2, 0.25) is 0 Å². The van der Waals surface area contributed by atoms with Gasteiger partial charge in [0.2, 0.25) is 0 Å². The van der Waals surface area contributed by atoms with E-state index < -0.39 is 0 Å². The summed E-state index contributed by atoms with van der Waals surface area (Å²) in [5.74, 6) is -0.486. The topological polar surface area (TPSA) is 70.7 Å². The van der Waals surface area contributed by atoms with Crippen LogP contribution in [-0.4, -0.2) is 32.6 Å². The second kappa shape index (κ2) is 10.1. The van der Waals surface area contributed by atoms with Gasteiger partial charge < -0.3 is 20.3 Å². The highest BCUT2D eigenvalue weighted by molar-refractivity contribution is 7.16. The summed E-state index contributed by atoms with van der Waals surface area (Å²) in [6.45, 7) is 2.76. The van der Waals surface area contributed by atoms with Gasteiger partial charge in [0.15, 0.2) is 0 Å². The minimum Gasteiger partial charge on any atom is -0.462 e. The Morgan fingerprint density at radius 1 is 1.03 bits per heavy atom. The van der Waals surface area contributed by atoms with Gasteiger partial charge in [0.1, 0.15) is 5.00 Å². The first-order valence-electron chi connectivity index (χ1n) is 11.2. The van der Waals surface area contributed by atoms with Crippen molar-refractivity contribution in [3.63, 3.8) is 0 Å². The van der Waals surface area contributed by atoms with E-state index >= 15 is 0 Å². The average Bonchev–Trinajstić information content (AvgIpc) is 3.39. The predicted molar refractivity (Wildman–Crippen MR) is 135 cm³/mol. The Balaban J connectivity index is 1.49. The van der Waals surface area contributed by atoms with Crippen LogP contribution in [0.15, 0.2) is 48.5 Å². The van der Waals surface area contributed by atoms with E-state index in [-0.39, 0.29) is 11.9 Å². The molecule has 1 aliphatic rings. The Kier molecular flexibility index (Phi) is 6.99. The van der Waals surface area contributed by atoms with Gasteiger partial charge in [-0.3, -0.25) is 4.79 Å². The summed E-state index contributed by atoms with van der Waals surface area (Å²) in [7, 11) is 4.05. The minimum atomic E-state index is -0.365. The van der Waals surface area contributed by atoms with Crippen molar-refractivity contribution in [1.82, 2.24) is 0 Å². The van der Waals surface area contributed by atoms with Crippen LogP contribution in [0, 0.1) is 0 Å². The number of nitrogens with zero attached hydrogens (tertiary/aromatic N) is 1. The van der Waals surface area contributed by atoms with E-state index in [4.69, 9.17) is 4.74 Å². The summed E-state index contributed by atoms with van der Waals surface area (Å²) in [6, 6.07) is 15.2. The van der Waals surface area contributed by atoms with Gasteiger partial charge in [0, 0.05) is 36.9 Å². The van der Waals surface area contributed by atoms with E-state index in [0.29, 0.717) is 24.4 Å². The van der Waals surface area contributed by atoms with Crippen molar-refractivity contribution in [2.45, 2.75) is 32.7 Å². The largest absolute Gasteiger partial charge is 0.462 e. The van der Waals surface area contributed by atoms with E-state index in [1.54, 1.807) is 42.5 Å². The third-order valence-electron chi connectivity index (χ3n) is 5.71. The fourth-order valence-electron chi connectivity index (χ4n) is 3.96. The Morgan fingerprint density at radius 3 is 2.42 bits per heavy atom. The van der Waals surface area contributed by atoms with Gasteiger partial charge in [-0.25, -0.2) is 4.79 Å². The molecule has 6 nitrogen and oxygen atoms in total. The Labute approximate surface area is 198 Å². The Bertz CT molecular complexity index is 1130. The third kappa shape index (κ3) is 5.20. The number of ether oxygens (including phenoxy) is 1. The molecule has 2 aromatic carbocycles. The molecule has 0 unspecified atom stereocenters. The molecule has 4 rings (SSSR count). The number of nitrogens with one attached hydrogen (secondary N) is 2. The summed E-state index contributed by atoms with van der Waals surface area (Å²) in [4.78, 5) is 28.5. The standard InChI is InChI=1S/C26H29N3O3S/c1-4-32-26(31)18-10-12-19(13-11-18)28-24(30)23-21-6-5-7-22(21)33-25(23)27-16-17-8-14-20(15-9-17)29(2)3/h8-15,27H,4-7,16H2,1-3H3,(H,28,30). The molecule has 0 saturated heterocycles. The van der Waals surface area contributed by atoms with Crippen LogP contribution in [0.5, 0.6) is 0 Å². The highest BCUT2D eigenvalue weighted by Crippen LogP contribution is 2.39. The molecule has 2 N–H and O–H groups in total. The molecule has 0 radical (unpaired) electrons. The van der Waals surface area contributed by atoms with E-state index in [2.05, 4.69) is 39.8 Å². The zero-order valence-electron chi connectivity index (χ0n) is 19.2. The van der Waals surface area contributed by atoms with Crippen LogP contribution >= 0.6 is 11.3 Å². The number of esters is 1. The maximum atomic E-state index is 13.3. The quantitative estimate of drug-likeness (QED) is 0.441. The fraction of sp³-hybridized carbons (Fsp3) is 0.308. The first-order chi connectivity index (χ1) is 16.0. The number of carbonyl (C=O) groups is 2. The lowest BCUT2D eigenvalue weighted by Gasteiger charge is -2.13. The number of hydrogen-bond donors (Lipinski definition) is 2. The summed E-state index contributed by atoms with van der Waals surface area (Å²) < 4.78 is 5.02. The first-order valence-corrected chi connectivity index (χ1v) is 12.0. The highest BCUT2D eigenvalue weighted by Gasteiger charge is 2.26. The van der Waals surface area contributed by atoms with Gasteiger partial charge in [-0.15, -0.1) is 11.3 Å². The number of hydrogen-bond acceptors (Lipinski definition) is 6. The normalized spacial score (nSPS) is 12.2. The minimum absolute atomic E-state index is 0.122. The molecule has 0 bridgehead atoms. The molecule has 0 saturated carbocycles. The van der Waals surface area contributed by atoms with Crippen LogP contribution in [0.3, 0.4) is 0 Å². The number of aryl methyl sites for hydroxylation is 1. The molecule has 0 fully saturated rings. The smallest absolute Gasteiger partial charge is 0.338 e. The molecular weight excluding hydrogens is 434 g/mol. The number of benzene rings is 2. The van der Waals surface area contributed by atoms with Gasteiger partial charge in [-0.05, 0) is 73.7 Å². The lowest BCUT2D eigenvalue weighted by Crippen LogP contribution is -2.15. The van der Waals surface area contributed by atoms with E-state index in [1.807, 2.05) is 14.1 Å². The van der Waals surface area contributed by atoms with Crippen molar-refractivity contribution in [2.75, 3.05) is 36.2 Å². The van der Waals surface area contributed by atoms with E-state index in [0.717, 1.165) is 46.6 Å². The van der Waals surface area contributed by atoms with Crippen molar-refractivity contribution in [2.24, 2.45) is 0 Å². The van der Waals surface area contributed by atoms with E-state index in [9.17, 15) is 9.59 Å². The molecule has 1 aromatic heterocycles. The fourth-order valence-corrected chi connectivity index (χ4v) is 5.24. The molecule has 1 amide bonds. The zero-order chi connectivity index (χ0) is 23.4. The summed E-state index contributed by atoms with van der Waals surface area (Å²) in [5, 5.41) is 7.41. The van der Waals surface area contributed by atoms with Crippen molar-refractivity contribution < 1.29 is 14.3 Å². The molecular formula is C26H29N3O3S. The SMILES string of the molecule is CCOC(=O)c1ccc(NC(=O)c2c(NCc3ccc(N(C)C)cc3)sc3c2CCC3)cc1. The Hall–Kier alpha value is -3.32. The lowest BCUT2D eigenvalue weighted by atomic mass is 10.1. The average molecular weight is 464 g/mol. The molecule has 7 heteroatoms. The van der Waals surface area contributed by atoms with Gasteiger partial charge >= 0.3 is 5.97 Å². The summed E-state index contributed by atoms with van der Waals surface area (Å²) >= 11 is 1.69. The lowest BCUT2D eigenvalue weighted by molar-refractivity contribution is 0.0526. The maximum absolute atomic E-state index is 13.3. The molecule has 0 atom stereocenters. The molecule has 1 aliphatic carbocycles. The molecule has 172 valence electrons. The van der Waals surface area contributed by atoms with Gasteiger partial charge in [0.05, 0.1) is 17.7 Å². The van der Waals surface area contributed by atoms with Crippen molar-refractivity contribution in [3.05, 3.63) is 75.7 Å². The second-order valence-corrected chi connectivity index (χ2v) is 9.33. The number of fused-ring (bicyclic) bond motifs is 1. The molecule has 0 aliphatic heterocycles. The van der Waals surface area contributed by atoms with Gasteiger partial charge in [0.25, 0.3) is 5.91 Å². The molecule has 3 aromatic rings. The van der Waals surface area contributed by atoms with Crippen molar-refractivity contribution in [3.8, 4) is 0 Å². The highest BCUT2D eigenvalue weighted by atomic mass is 32.1. The number of rotatable bonds is 8. The number of anilines is 3. The number of thiophene rings is 1. The zero-order valence-corrected chi connectivity index (χ0v) is 20.1. The van der Waals surface area contributed by atoms with Gasteiger partial charge in [-0.1, -0.05) is 12.1 Å². The third-order valence-corrected chi connectivity index (χ3v) is 6.96. The predicted octanol–water partition coefficient (Wildman–Crippen LogP) is 5.34. The van der Waals surface area contributed by atoms with Crippen LogP contribution in [0.25, 0.3) is 0 Å². The molecule has 0 spiro atoms. The first kappa shape index (κ1) is 22.9. The van der Waals surface area contributed by atoms with Crippen molar-refractivity contribution >= 4 is 39.6 Å². The molecule has 33 heavy (non-hydrogen) atoms. The number of carbonyl (C=O) groups excluding carboxylic acids is 2. The van der Waals surface area contributed by atoms with Crippen LogP contribution < -0.4 is 15.5 Å². The van der Waals surface area contributed by atoms with Crippen LogP contribution in [0.1, 0.15) is 50.1 Å². The van der Waals surface area contributed by atoms with Gasteiger partial charge in [-0.2, -0.15) is 0 Å². The van der Waals surface area contributed by atoms with E-state index in [1.165, 1.54) is 4.88 Å².